The van der Waals surface area contributed by atoms with E-state index in [2.05, 4.69) is 15.6 Å². The predicted molar refractivity (Wildman–Crippen MR) is 120 cm³/mol. The summed E-state index contributed by atoms with van der Waals surface area (Å²) in [7, 11) is 7.49. The summed E-state index contributed by atoms with van der Waals surface area (Å²) in [5, 5.41) is 16.1. The maximum atomic E-state index is 13.1. The summed E-state index contributed by atoms with van der Waals surface area (Å²) >= 11 is 0. The Morgan fingerprint density at radius 3 is 2.30 bits per heavy atom. The number of nitrogens with one attached hydrogen (secondary N) is 2. The van der Waals surface area contributed by atoms with E-state index in [1.54, 1.807) is 25.2 Å². The largest absolute Gasteiger partial charge is 0.507 e. The van der Waals surface area contributed by atoms with Gasteiger partial charge in [-0.2, -0.15) is 0 Å². The molecule has 1 saturated heterocycles. The van der Waals surface area contributed by atoms with Gasteiger partial charge in [0, 0.05) is 45.0 Å². The van der Waals surface area contributed by atoms with Crippen LogP contribution in [0.2, 0.25) is 0 Å². The number of ketones is 1. The molecule has 172 valence electrons. The van der Waals surface area contributed by atoms with E-state index in [0.717, 1.165) is 18.1 Å². The average molecular weight is 454 g/mol. The van der Waals surface area contributed by atoms with Crippen molar-refractivity contribution in [2.75, 3.05) is 33.5 Å². The molecule has 2 aliphatic heterocycles. The minimum atomic E-state index is -2.05. The van der Waals surface area contributed by atoms with Crippen LogP contribution in [0.4, 0.5) is 10.1 Å². The first-order valence-electron chi connectivity index (χ1n) is 9.87. The van der Waals surface area contributed by atoms with E-state index in [9.17, 15) is 23.9 Å². The molecular weight excluding hydrogens is 431 g/mol. The molecule has 33 heavy (non-hydrogen) atoms. The number of amides is 1. The number of esters is 1. The number of para-hydroxylation sites is 1. The lowest BCUT2D eigenvalue weighted by molar-refractivity contribution is -0.157. The summed E-state index contributed by atoms with van der Waals surface area (Å²) in [6, 6.07) is 11.0. The molecule has 1 atom stereocenters. The molecule has 0 aromatic heterocycles. The highest BCUT2D eigenvalue weighted by molar-refractivity contribution is 6.47. The van der Waals surface area contributed by atoms with Crippen LogP contribution in [0.15, 0.2) is 59.1 Å². The number of anilines is 1. The molecule has 0 bridgehead atoms. The molecule has 0 radical (unpaired) electrons. The number of aliphatic hydroxyl groups excluding tert-OH is 1. The molecule has 1 unspecified atom stereocenters. The van der Waals surface area contributed by atoms with E-state index in [1.807, 2.05) is 26.0 Å². The number of rotatable bonds is 1. The van der Waals surface area contributed by atoms with Crippen LogP contribution in [0.5, 0.6) is 0 Å². The fourth-order valence-electron chi connectivity index (χ4n) is 3.64. The fourth-order valence-corrected chi connectivity index (χ4v) is 3.64. The van der Waals surface area contributed by atoms with Crippen LogP contribution < -0.4 is 10.6 Å². The predicted octanol–water partition coefficient (Wildman–Crippen LogP) is 1.82. The number of guanidine groups is 1. The lowest BCUT2D eigenvalue weighted by Crippen LogP contribution is -2.36. The van der Waals surface area contributed by atoms with E-state index in [0.29, 0.717) is 5.69 Å². The van der Waals surface area contributed by atoms with Crippen molar-refractivity contribution >= 4 is 35.1 Å². The lowest BCUT2D eigenvalue weighted by atomic mass is 9.85. The second-order valence-electron chi connectivity index (χ2n) is 7.32. The van der Waals surface area contributed by atoms with Crippen LogP contribution in [0, 0.1) is 5.82 Å². The van der Waals surface area contributed by atoms with Crippen molar-refractivity contribution in [2.45, 2.75) is 5.60 Å². The van der Waals surface area contributed by atoms with Gasteiger partial charge in [0.2, 0.25) is 0 Å². The summed E-state index contributed by atoms with van der Waals surface area (Å²) in [6.45, 7) is 0. The monoisotopic (exact) mass is 454 g/mol. The molecule has 2 aromatic rings. The van der Waals surface area contributed by atoms with Gasteiger partial charge in [-0.05, 0) is 30.3 Å². The standard InChI is InChI=1S/C18H10FNO5.C5H13N3/c19-10-7-5-9(6-8-10)14(21)13-15(22)16(23)25-18(13)11-3-1-2-4-12(11)20-17(18)24;1-6-5(7-2)8(3)4/h1-8,21H,(H,20,24);1-4H3,(H,6,7)/b14-13-;. The van der Waals surface area contributed by atoms with Crippen LogP contribution in [0.1, 0.15) is 11.1 Å². The molecule has 0 aliphatic carbocycles. The Hall–Kier alpha value is -4.21. The molecule has 4 rings (SSSR count). The minimum absolute atomic E-state index is 0.0830. The van der Waals surface area contributed by atoms with Crippen LogP contribution in [-0.4, -0.2) is 61.8 Å². The van der Waals surface area contributed by atoms with Crippen molar-refractivity contribution in [3.8, 4) is 0 Å². The highest BCUT2D eigenvalue weighted by Gasteiger charge is 2.63. The molecule has 1 amide bonds. The number of carbonyl (C=O) groups excluding carboxylic acids is 3. The Labute approximate surface area is 189 Å². The first-order valence-corrected chi connectivity index (χ1v) is 9.87. The number of carbonyl (C=O) groups is 3. The number of nitrogens with zero attached hydrogens (tertiary/aromatic N) is 2. The number of fused-ring (bicyclic) bond motifs is 2. The number of benzene rings is 2. The number of Topliss-reactive ketones (excluding diaryl/α,β-unsaturated/α-hetero) is 1. The summed E-state index contributed by atoms with van der Waals surface area (Å²) < 4.78 is 18.3. The highest BCUT2D eigenvalue weighted by atomic mass is 19.1. The zero-order chi connectivity index (χ0) is 24.3. The number of halogens is 1. The van der Waals surface area contributed by atoms with Gasteiger partial charge in [0.25, 0.3) is 17.3 Å². The first-order chi connectivity index (χ1) is 15.7. The van der Waals surface area contributed by atoms with E-state index in [4.69, 9.17) is 4.74 Å². The number of aliphatic imine (C=N–C) groups is 1. The Bertz CT molecular complexity index is 1170. The zero-order valence-corrected chi connectivity index (χ0v) is 18.5. The quantitative estimate of drug-likeness (QED) is 0.150. The molecule has 3 N–H and O–H groups in total. The van der Waals surface area contributed by atoms with Crippen molar-refractivity contribution < 1.29 is 28.6 Å². The van der Waals surface area contributed by atoms with E-state index in [-0.39, 0.29) is 11.1 Å². The normalized spacial score (nSPS) is 20.5. The maximum absolute atomic E-state index is 13.1. The van der Waals surface area contributed by atoms with Gasteiger partial charge in [-0.15, -0.1) is 0 Å². The van der Waals surface area contributed by atoms with Crippen molar-refractivity contribution in [1.82, 2.24) is 10.2 Å². The Morgan fingerprint density at radius 1 is 1.12 bits per heavy atom. The zero-order valence-electron chi connectivity index (χ0n) is 18.5. The molecule has 2 heterocycles. The van der Waals surface area contributed by atoms with Crippen LogP contribution in [0.25, 0.3) is 5.76 Å². The van der Waals surface area contributed by atoms with Gasteiger partial charge in [-0.1, -0.05) is 18.2 Å². The number of hydrogen-bond donors (Lipinski definition) is 3. The summed E-state index contributed by atoms with van der Waals surface area (Å²) in [5.74, 6) is -3.36. The van der Waals surface area contributed by atoms with E-state index >= 15 is 0 Å². The van der Waals surface area contributed by atoms with Crippen molar-refractivity contribution in [3.63, 3.8) is 0 Å². The van der Waals surface area contributed by atoms with Gasteiger partial charge < -0.3 is 25.4 Å². The Morgan fingerprint density at radius 2 is 1.76 bits per heavy atom. The molecule has 1 spiro atoms. The second-order valence-corrected chi connectivity index (χ2v) is 7.32. The van der Waals surface area contributed by atoms with Gasteiger partial charge in [0.1, 0.15) is 17.1 Å². The topological polar surface area (TPSA) is 120 Å². The van der Waals surface area contributed by atoms with Crippen LogP contribution in [0.3, 0.4) is 0 Å². The van der Waals surface area contributed by atoms with Gasteiger partial charge in [0.05, 0.1) is 0 Å². The van der Waals surface area contributed by atoms with Gasteiger partial charge in [-0.25, -0.2) is 9.18 Å². The Kier molecular flexibility index (Phi) is 6.47. The first kappa shape index (κ1) is 23.5. The number of hydrogen-bond acceptors (Lipinski definition) is 6. The average Bonchev–Trinajstić information content (AvgIpc) is 3.22. The fraction of sp³-hybridized carbons (Fsp3) is 0.217. The smallest absolute Gasteiger partial charge is 0.381 e. The lowest BCUT2D eigenvalue weighted by Gasteiger charge is -2.21. The van der Waals surface area contributed by atoms with Crippen LogP contribution in [-0.2, 0) is 24.7 Å². The van der Waals surface area contributed by atoms with Crippen LogP contribution >= 0.6 is 0 Å². The molecule has 1 fully saturated rings. The van der Waals surface area contributed by atoms with Gasteiger partial charge in [-0.3, -0.25) is 14.6 Å². The molecule has 0 saturated carbocycles. The highest BCUT2D eigenvalue weighted by Crippen LogP contribution is 2.49. The number of aliphatic hydroxyl groups is 1. The third-order valence-electron chi connectivity index (χ3n) is 5.10. The maximum Gasteiger partial charge on any atom is 0.381 e. The van der Waals surface area contributed by atoms with Crippen molar-refractivity contribution in [2.24, 2.45) is 4.99 Å². The van der Waals surface area contributed by atoms with Gasteiger partial charge >= 0.3 is 5.97 Å². The third kappa shape index (κ3) is 4.02. The van der Waals surface area contributed by atoms with Crippen molar-refractivity contribution in [1.29, 1.82) is 0 Å². The summed E-state index contributed by atoms with van der Waals surface area (Å²) in [5.41, 5.74) is -1.82. The molecule has 10 heteroatoms. The second kappa shape index (κ2) is 9.11. The Balaban J connectivity index is 0.000000331. The van der Waals surface area contributed by atoms with Crippen molar-refractivity contribution in [3.05, 3.63) is 71.0 Å². The SMILES string of the molecule is CN=C(NC)N(C)C.O=C1OC2(C(=O)Nc3ccccc32)/C(=C(\O)c2ccc(F)cc2)C1=O. The van der Waals surface area contributed by atoms with E-state index < -0.39 is 40.4 Å². The molecule has 9 nitrogen and oxygen atoms in total. The number of ether oxygens (including phenoxy) is 1. The van der Waals surface area contributed by atoms with E-state index in [1.165, 1.54) is 18.2 Å². The molecule has 2 aromatic carbocycles. The summed E-state index contributed by atoms with van der Waals surface area (Å²) in [6.07, 6.45) is 0. The minimum Gasteiger partial charge on any atom is -0.507 e. The molecule has 2 aliphatic rings. The molecular formula is C23H23FN4O5. The summed E-state index contributed by atoms with van der Waals surface area (Å²) in [4.78, 5) is 42.7. The third-order valence-corrected chi connectivity index (χ3v) is 5.10. The van der Waals surface area contributed by atoms with Gasteiger partial charge in [0.15, 0.2) is 5.96 Å².